The predicted molar refractivity (Wildman–Crippen MR) is 118 cm³/mol. The lowest BCUT2D eigenvalue weighted by Crippen LogP contribution is -2.00. The Morgan fingerprint density at radius 1 is 0.586 bits per heavy atom. The zero-order valence-corrected chi connectivity index (χ0v) is 15.8. The molecule has 0 bridgehead atoms. The highest BCUT2D eigenvalue weighted by Gasteiger charge is 2.14. The fourth-order valence-corrected chi connectivity index (χ4v) is 3.86. The molecule has 0 unspecified atom stereocenters. The van der Waals surface area contributed by atoms with Crippen molar-refractivity contribution in [2.24, 2.45) is 0 Å². The second kappa shape index (κ2) is 7.40. The maximum Gasteiger partial charge on any atom is 0.129 e. The van der Waals surface area contributed by atoms with E-state index >= 15 is 0 Å². The SMILES string of the molecule is Fc1ccccc1COc1ccc2ccccc2c1-c1cccc2ccccc12. The molecule has 5 aromatic rings. The Bertz CT molecular complexity index is 1320. The molecule has 0 saturated heterocycles. The van der Waals surface area contributed by atoms with Crippen LogP contribution in [-0.2, 0) is 6.61 Å². The summed E-state index contributed by atoms with van der Waals surface area (Å²) in [5.74, 6) is 0.503. The molecule has 0 spiro atoms. The molecule has 0 aromatic heterocycles. The van der Waals surface area contributed by atoms with Crippen LogP contribution in [0.5, 0.6) is 5.75 Å². The van der Waals surface area contributed by atoms with Crippen molar-refractivity contribution in [2.75, 3.05) is 0 Å². The summed E-state index contributed by atoms with van der Waals surface area (Å²) in [5, 5.41) is 4.61. The lowest BCUT2D eigenvalue weighted by molar-refractivity contribution is 0.301. The van der Waals surface area contributed by atoms with E-state index in [1.165, 1.54) is 16.8 Å². The van der Waals surface area contributed by atoms with Crippen LogP contribution in [0.25, 0.3) is 32.7 Å². The van der Waals surface area contributed by atoms with Gasteiger partial charge in [-0.25, -0.2) is 4.39 Å². The summed E-state index contributed by atoms with van der Waals surface area (Å²) >= 11 is 0. The van der Waals surface area contributed by atoms with Gasteiger partial charge >= 0.3 is 0 Å². The van der Waals surface area contributed by atoms with Crippen molar-refractivity contribution in [2.45, 2.75) is 6.61 Å². The van der Waals surface area contributed by atoms with E-state index in [0.717, 1.165) is 27.6 Å². The van der Waals surface area contributed by atoms with Crippen LogP contribution in [0.2, 0.25) is 0 Å². The molecule has 5 aromatic carbocycles. The van der Waals surface area contributed by atoms with E-state index < -0.39 is 0 Å². The Balaban J connectivity index is 1.70. The van der Waals surface area contributed by atoms with Crippen molar-refractivity contribution in [1.82, 2.24) is 0 Å². The van der Waals surface area contributed by atoms with Gasteiger partial charge in [0.1, 0.15) is 18.2 Å². The quantitative estimate of drug-likeness (QED) is 0.317. The zero-order valence-electron chi connectivity index (χ0n) is 15.8. The highest BCUT2D eigenvalue weighted by Crippen LogP contribution is 2.40. The summed E-state index contributed by atoms with van der Waals surface area (Å²) in [6, 6.07) is 33.7. The lowest BCUT2D eigenvalue weighted by Gasteiger charge is -2.16. The Hall–Kier alpha value is -3.65. The molecule has 0 fully saturated rings. The van der Waals surface area contributed by atoms with Crippen LogP contribution in [-0.4, -0.2) is 0 Å². The molecule has 5 rings (SSSR count). The second-order valence-electron chi connectivity index (χ2n) is 7.07. The van der Waals surface area contributed by atoms with Gasteiger partial charge in [0.25, 0.3) is 0 Å². The van der Waals surface area contributed by atoms with E-state index in [-0.39, 0.29) is 12.4 Å². The number of fused-ring (bicyclic) bond motifs is 2. The monoisotopic (exact) mass is 378 g/mol. The molecule has 0 heterocycles. The minimum absolute atomic E-state index is 0.183. The average Bonchev–Trinajstić information content (AvgIpc) is 2.78. The number of benzene rings is 5. The number of hydrogen-bond acceptors (Lipinski definition) is 1. The van der Waals surface area contributed by atoms with Crippen molar-refractivity contribution in [3.8, 4) is 16.9 Å². The molecule has 0 aliphatic rings. The predicted octanol–water partition coefficient (Wildman–Crippen LogP) is 7.38. The molecule has 0 amide bonds. The van der Waals surface area contributed by atoms with E-state index in [1.54, 1.807) is 12.1 Å². The normalized spacial score (nSPS) is 11.1. The molecule has 0 atom stereocenters. The lowest BCUT2D eigenvalue weighted by atomic mass is 9.93. The van der Waals surface area contributed by atoms with Crippen molar-refractivity contribution >= 4 is 21.5 Å². The van der Waals surface area contributed by atoms with Crippen molar-refractivity contribution in [3.63, 3.8) is 0 Å². The molecule has 0 N–H and O–H groups in total. The first kappa shape index (κ1) is 17.4. The van der Waals surface area contributed by atoms with Gasteiger partial charge < -0.3 is 4.74 Å². The maximum atomic E-state index is 14.1. The molecule has 0 saturated carbocycles. The first-order chi connectivity index (χ1) is 14.3. The summed E-state index contributed by atoms with van der Waals surface area (Å²) in [4.78, 5) is 0. The number of hydrogen-bond donors (Lipinski definition) is 0. The highest BCUT2D eigenvalue weighted by molar-refractivity contribution is 6.07. The van der Waals surface area contributed by atoms with Crippen LogP contribution in [0.4, 0.5) is 4.39 Å². The minimum atomic E-state index is -0.250. The standard InChI is InChI=1S/C27H19FO/c28-25-15-6-3-10-21(25)18-29-26-17-16-20-9-2-5-13-23(20)27(26)24-14-7-11-19-8-1-4-12-22(19)24/h1-17H,18H2. The molecule has 0 radical (unpaired) electrons. The van der Waals surface area contributed by atoms with Crippen molar-refractivity contribution < 1.29 is 9.13 Å². The Morgan fingerprint density at radius 3 is 2.07 bits per heavy atom. The van der Waals surface area contributed by atoms with Gasteiger partial charge in [0.15, 0.2) is 0 Å². The third-order valence-corrected chi connectivity index (χ3v) is 5.29. The summed E-state index contributed by atoms with van der Waals surface area (Å²) < 4.78 is 20.3. The van der Waals surface area contributed by atoms with Gasteiger partial charge in [0.2, 0.25) is 0 Å². The van der Waals surface area contributed by atoms with Gasteiger partial charge in [-0.2, -0.15) is 0 Å². The summed E-state index contributed by atoms with van der Waals surface area (Å²) in [7, 11) is 0. The van der Waals surface area contributed by atoms with Crippen LogP contribution in [0, 0.1) is 5.82 Å². The number of halogens is 1. The molecule has 29 heavy (non-hydrogen) atoms. The summed E-state index contributed by atoms with van der Waals surface area (Å²) in [6.07, 6.45) is 0. The van der Waals surface area contributed by atoms with Crippen LogP contribution < -0.4 is 4.74 Å². The van der Waals surface area contributed by atoms with E-state index in [0.29, 0.717) is 5.56 Å². The first-order valence-electron chi connectivity index (χ1n) is 9.67. The first-order valence-corrected chi connectivity index (χ1v) is 9.67. The zero-order chi connectivity index (χ0) is 19.6. The van der Waals surface area contributed by atoms with Crippen LogP contribution in [0.15, 0.2) is 103 Å². The molecular weight excluding hydrogens is 359 g/mol. The average molecular weight is 378 g/mol. The molecular formula is C27H19FO. The van der Waals surface area contributed by atoms with Gasteiger partial charge in [-0.05, 0) is 39.2 Å². The van der Waals surface area contributed by atoms with E-state index in [9.17, 15) is 4.39 Å². The van der Waals surface area contributed by atoms with Crippen LogP contribution in [0.1, 0.15) is 5.56 Å². The molecule has 0 aliphatic carbocycles. The third-order valence-electron chi connectivity index (χ3n) is 5.29. The van der Waals surface area contributed by atoms with E-state index in [2.05, 4.69) is 54.6 Å². The van der Waals surface area contributed by atoms with Gasteiger partial charge in [0, 0.05) is 11.1 Å². The second-order valence-corrected chi connectivity index (χ2v) is 7.07. The number of rotatable bonds is 4. The van der Waals surface area contributed by atoms with Crippen molar-refractivity contribution in [3.05, 3.63) is 115 Å². The topological polar surface area (TPSA) is 9.23 Å². The van der Waals surface area contributed by atoms with Gasteiger partial charge in [0.05, 0.1) is 0 Å². The fourth-order valence-electron chi connectivity index (χ4n) is 3.86. The Morgan fingerprint density at radius 2 is 1.24 bits per heavy atom. The molecule has 0 aliphatic heterocycles. The fraction of sp³-hybridized carbons (Fsp3) is 0.0370. The maximum absolute atomic E-state index is 14.1. The van der Waals surface area contributed by atoms with Gasteiger partial charge in [-0.3, -0.25) is 0 Å². The van der Waals surface area contributed by atoms with Crippen LogP contribution >= 0.6 is 0 Å². The summed E-state index contributed by atoms with van der Waals surface area (Å²) in [6.45, 7) is 0.183. The molecule has 140 valence electrons. The largest absolute Gasteiger partial charge is 0.488 e. The smallest absolute Gasteiger partial charge is 0.129 e. The Labute approximate surface area is 169 Å². The molecule has 1 nitrogen and oxygen atoms in total. The minimum Gasteiger partial charge on any atom is -0.488 e. The van der Waals surface area contributed by atoms with Gasteiger partial charge in [-0.15, -0.1) is 0 Å². The Kier molecular flexibility index (Phi) is 4.45. The van der Waals surface area contributed by atoms with Crippen molar-refractivity contribution in [1.29, 1.82) is 0 Å². The summed E-state index contributed by atoms with van der Waals surface area (Å²) in [5.41, 5.74) is 2.70. The van der Waals surface area contributed by atoms with Gasteiger partial charge in [-0.1, -0.05) is 91.0 Å². The van der Waals surface area contributed by atoms with E-state index in [1.807, 2.05) is 30.3 Å². The highest BCUT2D eigenvalue weighted by atomic mass is 19.1. The molecule has 2 heteroatoms. The number of ether oxygens (including phenoxy) is 1. The van der Waals surface area contributed by atoms with Crippen LogP contribution in [0.3, 0.4) is 0 Å². The third kappa shape index (κ3) is 3.23. The van der Waals surface area contributed by atoms with E-state index in [4.69, 9.17) is 4.74 Å².